The predicted molar refractivity (Wildman–Crippen MR) is 63.0 cm³/mol. The van der Waals surface area contributed by atoms with Crippen LogP contribution in [0.5, 0.6) is 0 Å². The van der Waals surface area contributed by atoms with E-state index >= 15 is 0 Å². The van der Waals surface area contributed by atoms with Crippen molar-refractivity contribution in [1.82, 2.24) is 0 Å². The Kier molecular flexibility index (Phi) is 2.41. The molecule has 5 atom stereocenters. The van der Waals surface area contributed by atoms with Crippen molar-refractivity contribution >= 4 is 0 Å². The van der Waals surface area contributed by atoms with E-state index in [0.29, 0.717) is 18.1 Å². The lowest BCUT2D eigenvalue weighted by Gasteiger charge is -2.44. The van der Waals surface area contributed by atoms with Crippen LogP contribution in [0.1, 0.15) is 40.0 Å². The van der Waals surface area contributed by atoms with Gasteiger partial charge in [0.15, 0.2) is 6.29 Å². The van der Waals surface area contributed by atoms with Crippen molar-refractivity contribution in [3.8, 4) is 0 Å². The molecule has 1 saturated heterocycles. The quantitative estimate of drug-likeness (QED) is 0.635. The van der Waals surface area contributed by atoms with Crippen LogP contribution >= 0.6 is 0 Å². The molecule has 1 heterocycles. The van der Waals surface area contributed by atoms with Gasteiger partial charge in [0.1, 0.15) is 0 Å². The van der Waals surface area contributed by atoms with Crippen molar-refractivity contribution < 1.29 is 9.47 Å². The zero-order valence-electron chi connectivity index (χ0n) is 10.5. The Morgan fingerprint density at radius 3 is 2.25 bits per heavy atom. The maximum atomic E-state index is 6.04. The van der Waals surface area contributed by atoms with Gasteiger partial charge in [0, 0.05) is 5.41 Å². The Morgan fingerprint density at radius 1 is 1.06 bits per heavy atom. The molecule has 2 bridgehead atoms. The molecule has 1 aliphatic heterocycles. The van der Waals surface area contributed by atoms with Crippen LogP contribution in [0.4, 0.5) is 0 Å². The van der Waals surface area contributed by atoms with E-state index in [1.807, 2.05) is 0 Å². The van der Waals surface area contributed by atoms with Gasteiger partial charge in [-0.25, -0.2) is 0 Å². The third-order valence-corrected chi connectivity index (χ3v) is 4.64. The topological polar surface area (TPSA) is 18.5 Å². The minimum atomic E-state index is 0.00574. The van der Waals surface area contributed by atoms with E-state index in [9.17, 15) is 0 Å². The predicted octanol–water partition coefficient (Wildman–Crippen LogP) is 3.13. The molecule has 3 aliphatic rings. The lowest BCUT2D eigenvalue weighted by molar-refractivity contribution is -0.282. The fourth-order valence-corrected chi connectivity index (χ4v) is 3.75. The summed E-state index contributed by atoms with van der Waals surface area (Å²) >= 11 is 0. The van der Waals surface area contributed by atoms with Crippen molar-refractivity contribution in [2.45, 2.75) is 58.5 Å². The van der Waals surface area contributed by atoms with Crippen molar-refractivity contribution in [3.63, 3.8) is 0 Å². The molecular weight excluding hydrogens is 200 g/mol. The molecule has 2 nitrogen and oxygen atoms in total. The fourth-order valence-electron chi connectivity index (χ4n) is 3.75. The Hall–Kier alpha value is -0.340. The van der Waals surface area contributed by atoms with Gasteiger partial charge in [-0.1, -0.05) is 19.1 Å². The molecule has 2 heteroatoms. The number of rotatable bonds is 1. The number of ether oxygens (including phenoxy) is 2. The van der Waals surface area contributed by atoms with Crippen LogP contribution in [0.15, 0.2) is 12.2 Å². The Bertz CT molecular complexity index is 302. The molecule has 90 valence electrons. The third-order valence-electron chi connectivity index (χ3n) is 4.64. The Labute approximate surface area is 98.0 Å². The molecule has 0 aromatic rings. The summed E-state index contributed by atoms with van der Waals surface area (Å²) in [5.74, 6) is 1.44. The van der Waals surface area contributed by atoms with Crippen molar-refractivity contribution in [3.05, 3.63) is 12.2 Å². The highest BCUT2D eigenvalue weighted by atomic mass is 16.7. The van der Waals surface area contributed by atoms with E-state index in [1.54, 1.807) is 0 Å². The van der Waals surface area contributed by atoms with Gasteiger partial charge in [-0.05, 0) is 44.9 Å². The Morgan fingerprint density at radius 2 is 1.75 bits per heavy atom. The highest BCUT2D eigenvalue weighted by Gasteiger charge is 2.52. The minimum Gasteiger partial charge on any atom is -0.349 e. The van der Waals surface area contributed by atoms with Crippen molar-refractivity contribution in [2.24, 2.45) is 17.3 Å². The van der Waals surface area contributed by atoms with Crippen molar-refractivity contribution in [2.75, 3.05) is 0 Å². The average Bonchev–Trinajstić information content (AvgIpc) is 2.76. The van der Waals surface area contributed by atoms with Gasteiger partial charge in [0.05, 0.1) is 12.2 Å². The number of fused-ring (bicyclic) bond motifs is 2. The molecule has 0 unspecified atom stereocenters. The van der Waals surface area contributed by atoms with E-state index in [0.717, 1.165) is 12.3 Å². The summed E-state index contributed by atoms with van der Waals surface area (Å²) in [5.41, 5.74) is 0.211. The van der Waals surface area contributed by atoms with Gasteiger partial charge in [-0.15, -0.1) is 0 Å². The zero-order chi connectivity index (χ0) is 11.3. The Balaban J connectivity index is 1.79. The largest absolute Gasteiger partial charge is 0.349 e. The van der Waals surface area contributed by atoms with Crippen LogP contribution in [0.2, 0.25) is 0 Å². The summed E-state index contributed by atoms with van der Waals surface area (Å²) in [6, 6.07) is 0. The van der Waals surface area contributed by atoms with Gasteiger partial charge in [-0.3, -0.25) is 0 Å². The molecule has 16 heavy (non-hydrogen) atoms. The molecule has 0 spiro atoms. The van der Waals surface area contributed by atoms with Gasteiger partial charge in [-0.2, -0.15) is 0 Å². The highest BCUT2D eigenvalue weighted by Crippen LogP contribution is 2.55. The first-order chi connectivity index (χ1) is 7.58. The fraction of sp³-hybridized carbons (Fsp3) is 0.857. The second kappa shape index (κ2) is 3.58. The van der Waals surface area contributed by atoms with Crippen LogP contribution < -0.4 is 0 Å². The first kappa shape index (κ1) is 10.8. The monoisotopic (exact) mass is 222 g/mol. The first-order valence-electron chi connectivity index (χ1n) is 6.57. The second-order valence-electron chi connectivity index (χ2n) is 6.16. The maximum absolute atomic E-state index is 6.04. The zero-order valence-corrected chi connectivity index (χ0v) is 10.5. The number of hydrogen-bond donors (Lipinski definition) is 0. The summed E-state index contributed by atoms with van der Waals surface area (Å²) in [6.07, 6.45) is 9.01. The molecule has 0 aromatic carbocycles. The van der Waals surface area contributed by atoms with Gasteiger partial charge < -0.3 is 9.47 Å². The van der Waals surface area contributed by atoms with Gasteiger partial charge in [0.25, 0.3) is 0 Å². The van der Waals surface area contributed by atoms with Crippen LogP contribution in [-0.2, 0) is 9.47 Å². The molecule has 3 rings (SSSR count). The van der Waals surface area contributed by atoms with E-state index in [2.05, 4.69) is 32.9 Å². The maximum Gasteiger partial charge on any atom is 0.164 e. The molecule has 2 fully saturated rings. The molecule has 2 aliphatic carbocycles. The second-order valence-corrected chi connectivity index (χ2v) is 6.16. The van der Waals surface area contributed by atoms with Crippen LogP contribution in [0, 0.1) is 17.3 Å². The van der Waals surface area contributed by atoms with E-state index in [1.165, 1.54) is 12.8 Å². The number of allylic oxidation sites excluding steroid dienone is 2. The summed E-state index contributed by atoms with van der Waals surface area (Å²) in [5, 5.41) is 0. The lowest BCUT2D eigenvalue weighted by atomic mass is 9.76. The highest BCUT2D eigenvalue weighted by molar-refractivity contribution is 5.15. The van der Waals surface area contributed by atoms with Crippen LogP contribution in [0.3, 0.4) is 0 Å². The molecule has 0 amide bonds. The molecule has 0 radical (unpaired) electrons. The van der Waals surface area contributed by atoms with E-state index < -0.39 is 0 Å². The van der Waals surface area contributed by atoms with Crippen molar-refractivity contribution in [1.29, 1.82) is 0 Å². The normalized spacial score (nSPS) is 55.8. The summed E-state index contributed by atoms with van der Waals surface area (Å²) < 4.78 is 12.1. The van der Waals surface area contributed by atoms with Crippen LogP contribution in [0.25, 0.3) is 0 Å². The van der Waals surface area contributed by atoms with E-state index in [4.69, 9.17) is 9.47 Å². The van der Waals surface area contributed by atoms with Gasteiger partial charge in [0.2, 0.25) is 0 Å². The summed E-state index contributed by atoms with van der Waals surface area (Å²) in [4.78, 5) is 0. The molecule has 1 saturated carbocycles. The minimum absolute atomic E-state index is 0.00574. The third kappa shape index (κ3) is 1.54. The van der Waals surface area contributed by atoms with Crippen LogP contribution in [-0.4, -0.2) is 18.5 Å². The van der Waals surface area contributed by atoms with Gasteiger partial charge >= 0.3 is 0 Å². The molecule has 0 aromatic heterocycles. The smallest absolute Gasteiger partial charge is 0.164 e. The number of hydrogen-bond acceptors (Lipinski definition) is 2. The average molecular weight is 222 g/mol. The lowest BCUT2D eigenvalue weighted by Crippen LogP contribution is -2.47. The summed E-state index contributed by atoms with van der Waals surface area (Å²) in [6.45, 7) is 6.67. The molecular formula is C14H22O2. The molecule has 0 N–H and O–H groups in total. The SMILES string of the molecule is C[C@@H]1C[C@@H](C)OC([C@]2(C)C[C@H]3C=C[C@@H]2C3)O1. The standard InChI is InChI=1S/C14H22O2/c1-9-6-10(2)16-13(15-9)14(3)8-11-4-5-12(14)7-11/h4-5,9-13H,6-8H2,1-3H3/t9-,10-,11+,12-,14-/m1/s1. The van der Waals surface area contributed by atoms with E-state index in [-0.39, 0.29) is 11.7 Å². The summed E-state index contributed by atoms with van der Waals surface area (Å²) in [7, 11) is 0. The first-order valence-corrected chi connectivity index (χ1v) is 6.57.